The van der Waals surface area contributed by atoms with Gasteiger partial charge in [-0.05, 0) is 30.7 Å². The van der Waals surface area contributed by atoms with E-state index in [-0.39, 0.29) is 22.4 Å². The van der Waals surface area contributed by atoms with Crippen LogP contribution in [0.2, 0.25) is 5.02 Å². The van der Waals surface area contributed by atoms with Gasteiger partial charge in [0, 0.05) is 12.1 Å². The summed E-state index contributed by atoms with van der Waals surface area (Å²) >= 11 is 5.82. The second-order valence-corrected chi connectivity index (χ2v) is 4.67. The number of carboxylic acid groups (broad SMARTS) is 1. The normalized spacial score (nSPS) is 11.9. The number of aromatic carboxylic acids is 1. The van der Waals surface area contributed by atoms with Crippen LogP contribution < -0.4 is 11.1 Å². The van der Waals surface area contributed by atoms with Gasteiger partial charge in [-0.25, -0.2) is 4.79 Å². The van der Waals surface area contributed by atoms with E-state index in [2.05, 4.69) is 5.32 Å². The highest BCUT2D eigenvalue weighted by molar-refractivity contribution is 6.33. The van der Waals surface area contributed by atoms with Crippen molar-refractivity contribution in [1.82, 2.24) is 0 Å². The van der Waals surface area contributed by atoms with E-state index >= 15 is 0 Å². The summed E-state index contributed by atoms with van der Waals surface area (Å²) in [6.45, 7) is 2.44. The average molecular weight is 285 g/mol. The Morgan fingerprint density at radius 2 is 2.16 bits per heavy atom. The zero-order chi connectivity index (χ0) is 14.4. The molecule has 0 aliphatic heterocycles. The number of hydrogen-bond acceptors (Lipinski definition) is 3. The zero-order valence-electron chi connectivity index (χ0n) is 10.6. The molecule has 1 aromatic carbocycles. The van der Waals surface area contributed by atoms with Crippen LogP contribution in [0.3, 0.4) is 0 Å². The Bertz CT molecular complexity index is 473. The summed E-state index contributed by atoms with van der Waals surface area (Å²) in [6.07, 6.45) is 1.17. The Hall–Kier alpha value is -1.59. The van der Waals surface area contributed by atoms with Crippen LogP contribution in [0.25, 0.3) is 0 Å². The molecule has 19 heavy (non-hydrogen) atoms. The van der Waals surface area contributed by atoms with Gasteiger partial charge in [0.05, 0.1) is 10.6 Å². The third-order valence-electron chi connectivity index (χ3n) is 2.87. The number of carboxylic acids is 1. The molecule has 0 saturated carbocycles. The molecule has 1 aromatic rings. The van der Waals surface area contributed by atoms with Crippen molar-refractivity contribution in [1.29, 1.82) is 0 Å². The smallest absolute Gasteiger partial charge is 0.337 e. The minimum absolute atomic E-state index is 0.00746. The summed E-state index contributed by atoms with van der Waals surface area (Å²) in [5.41, 5.74) is 6.02. The summed E-state index contributed by atoms with van der Waals surface area (Å²) in [6, 6.07) is 4.30. The van der Waals surface area contributed by atoms with E-state index in [1.165, 1.54) is 18.2 Å². The predicted octanol–water partition coefficient (Wildman–Crippen LogP) is 2.35. The molecule has 104 valence electrons. The van der Waals surface area contributed by atoms with Crippen LogP contribution in [-0.2, 0) is 4.79 Å². The standard InChI is InChI=1S/C13H17ClN2O3/c1-2-8(7-15)5-12(17)16-9-3-4-10(13(18)19)11(14)6-9/h3-4,6,8H,2,5,7,15H2,1H3,(H,16,17)(H,18,19). The van der Waals surface area contributed by atoms with Crippen molar-refractivity contribution in [2.75, 3.05) is 11.9 Å². The molecular weight excluding hydrogens is 268 g/mol. The molecule has 6 heteroatoms. The fourth-order valence-electron chi connectivity index (χ4n) is 1.63. The van der Waals surface area contributed by atoms with Gasteiger partial charge in [0.25, 0.3) is 0 Å². The molecule has 1 rings (SSSR count). The molecule has 1 amide bonds. The molecule has 0 aliphatic rings. The molecule has 0 aromatic heterocycles. The Kier molecular flexibility index (Phi) is 5.79. The zero-order valence-corrected chi connectivity index (χ0v) is 11.4. The molecule has 0 saturated heterocycles. The minimum atomic E-state index is -1.10. The van der Waals surface area contributed by atoms with Gasteiger partial charge in [-0.1, -0.05) is 24.9 Å². The van der Waals surface area contributed by atoms with E-state index < -0.39 is 5.97 Å². The second kappa shape index (κ2) is 7.11. The minimum Gasteiger partial charge on any atom is -0.478 e. The van der Waals surface area contributed by atoms with Crippen molar-refractivity contribution < 1.29 is 14.7 Å². The Labute approximate surface area is 116 Å². The maximum absolute atomic E-state index is 11.7. The van der Waals surface area contributed by atoms with E-state index in [1.54, 1.807) is 0 Å². The van der Waals surface area contributed by atoms with Gasteiger partial charge in [0.1, 0.15) is 0 Å². The van der Waals surface area contributed by atoms with Gasteiger partial charge in [-0.2, -0.15) is 0 Å². The average Bonchev–Trinajstić information content (AvgIpc) is 2.35. The topological polar surface area (TPSA) is 92.4 Å². The van der Waals surface area contributed by atoms with Gasteiger partial charge in [0.2, 0.25) is 5.91 Å². The third-order valence-corrected chi connectivity index (χ3v) is 3.18. The van der Waals surface area contributed by atoms with E-state index in [4.69, 9.17) is 22.4 Å². The van der Waals surface area contributed by atoms with Crippen molar-refractivity contribution >= 4 is 29.2 Å². The molecule has 0 bridgehead atoms. The fraction of sp³-hybridized carbons (Fsp3) is 0.385. The summed E-state index contributed by atoms with van der Waals surface area (Å²) in [4.78, 5) is 22.5. The Morgan fingerprint density at radius 1 is 1.47 bits per heavy atom. The van der Waals surface area contributed by atoms with Crippen LogP contribution in [0.5, 0.6) is 0 Å². The predicted molar refractivity (Wildman–Crippen MR) is 74.5 cm³/mol. The summed E-state index contributed by atoms with van der Waals surface area (Å²) in [7, 11) is 0. The lowest BCUT2D eigenvalue weighted by molar-refractivity contribution is -0.117. The van der Waals surface area contributed by atoms with Crippen LogP contribution in [0.4, 0.5) is 5.69 Å². The van der Waals surface area contributed by atoms with Crippen LogP contribution in [0.15, 0.2) is 18.2 Å². The largest absolute Gasteiger partial charge is 0.478 e. The Balaban J connectivity index is 2.70. The maximum Gasteiger partial charge on any atom is 0.337 e. The highest BCUT2D eigenvalue weighted by Gasteiger charge is 2.13. The molecule has 0 aliphatic carbocycles. The van der Waals surface area contributed by atoms with Crippen molar-refractivity contribution in [2.24, 2.45) is 11.7 Å². The van der Waals surface area contributed by atoms with Crippen LogP contribution in [-0.4, -0.2) is 23.5 Å². The number of halogens is 1. The quantitative estimate of drug-likeness (QED) is 0.747. The molecule has 0 heterocycles. The second-order valence-electron chi connectivity index (χ2n) is 4.26. The summed E-state index contributed by atoms with van der Waals surface area (Å²) < 4.78 is 0. The number of nitrogens with two attached hydrogens (primary N) is 1. The SMILES string of the molecule is CCC(CN)CC(=O)Nc1ccc(C(=O)O)c(Cl)c1. The number of benzene rings is 1. The molecular formula is C13H17ClN2O3. The monoisotopic (exact) mass is 284 g/mol. The van der Waals surface area contributed by atoms with E-state index in [1.807, 2.05) is 6.92 Å². The molecule has 0 fully saturated rings. The van der Waals surface area contributed by atoms with Gasteiger partial charge in [-0.15, -0.1) is 0 Å². The summed E-state index contributed by atoms with van der Waals surface area (Å²) in [5, 5.41) is 11.6. The van der Waals surface area contributed by atoms with E-state index in [0.29, 0.717) is 18.7 Å². The number of carbonyl (C=O) groups is 2. The first-order valence-electron chi connectivity index (χ1n) is 6.00. The number of anilines is 1. The van der Waals surface area contributed by atoms with Crippen molar-refractivity contribution in [3.8, 4) is 0 Å². The van der Waals surface area contributed by atoms with Crippen LogP contribution >= 0.6 is 11.6 Å². The number of carbonyl (C=O) groups excluding carboxylic acids is 1. The van der Waals surface area contributed by atoms with Crippen molar-refractivity contribution in [2.45, 2.75) is 19.8 Å². The van der Waals surface area contributed by atoms with Gasteiger partial charge in [-0.3, -0.25) is 4.79 Å². The number of rotatable bonds is 6. The lowest BCUT2D eigenvalue weighted by Crippen LogP contribution is -2.21. The van der Waals surface area contributed by atoms with E-state index in [0.717, 1.165) is 6.42 Å². The molecule has 1 atom stereocenters. The van der Waals surface area contributed by atoms with Gasteiger partial charge in [0.15, 0.2) is 0 Å². The number of amides is 1. The van der Waals surface area contributed by atoms with Crippen molar-refractivity contribution in [3.63, 3.8) is 0 Å². The molecule has 0 radical (unpaired) electrons. The lowest BCUT2D eigenvalue weighted by Gasteiger charge is -2.12. The number of hydrogen-bond donors (Lipinski definition) is 3. The van der Waals surface area contributed by atoms with Gasteiger partial charge < -0.3 is 16.2 Å². The van der Waals surface area contributed by atoms with Crippen LogP contribution in [0, 0.1) is 5.92 Å². The Morgan fingerprint density at radius 3 is 2.63 bits per heavy atom. The highest BCUT2D eigenvalue weighted by Crippen LogP contribution is 2.21. The number of nitrogens with one attached hydrogen (secondary N) is 1. The first-order chi connectivity index (χ1) is 8.97. The third kappa shape index (κ3) is 4.54. The molecule has 0 spiro atoms. The maximum atomic E-state index is 11.7. The van der Waals surface area contributed by atoms with Gasteiger partial charge >= 0.3 is 5.97 Å². The molecule has 1 unspecified atom stereocenters. The molecule has 5 nitrogen and oxygen atoms in total. The first-order valence-corrected chi connectivity index (χ1v) is 6.38. The van der Waals surface area contributed by atoms with Crippen LogP contribution in [0.1, 0.15) is 30.1 Å². The van der Waals surface area contributed by atoms with Crippen molar-refractivity contribution in [3.05, 3.63) is 28.8 Å². The molecule has 4 N–H and O–H groups in total. The fourth-order valence-corrected chi connectivity index (χ4v) is 1.90. The first kappa shape index (κ1) is 15.5. The van der Waals surface area contributed by atoms with E-state index in [9.17, 15) is 9.59 Å². The lowest BCUT2D eigenvalue weighted by atomic mass is 10.0. The highest BCUT2D eigenvalue weighted by atomic mass is 35.5. The summed E-state index contributed by atoms with van der Waals surface area (Å²) in [5.74, 6) is -1.11.